The van der Waals surface area contributed by atoms with Crippen molar-refractivity contribution in [1.82, 2.24) is 9.78 Å². The molecule has 1 saturated heterocycles. The van der Waals surface area contributed by atoms with E-state index in [1.54, 1.807) is 17.1 Å². The highest BCUT2D eigenvalue weighted by atomic mass is 32.2. The second kappa shape index (κ2) is 4.38. The Labute approximate surface area is 112 Å². The molecule has 0 aliphatic carbocycles. The standard InChI is InChI=1S/C13H15N3O2S/c14-12-6-15-16(7-12)13(10-4-2-1-3-5-10)11-8-19(17,18)9-11/h1-7,11,13H,8-9,14H2. The fourth-order valence-corrected chi connectivity index (χ4v) is 4.15. The van der Waals surface area contributed by atoms with Crippen LogP contribution < -0.4 is 5.73 Å². The first-order valence-electron chi connectivity index (χ1n) is 6.10. The molecule has 0 amide bonds. The monoisotopic (exact) mass is 277 g/mol. The number of rotatable bonds is 3. The lowest BCUT2D eigenvalue weighted by atomic mass is 9.95. The summed E-state index contributed by atoms with van der Waals surface area (Å²) < 4.78 is 24.6. The summed E-state index contributed by atoms with van der Waals surface area (Å²) in [5, 5.41) is 4.24. The number of anilines is 1. The molecular formula is C13H15N3O2S. The molecule has 0 bridgehead atoms. The number of sulfone groups is 1. The Morgan fingerprint density at radius 3 is 2.47 bits per heavy atom. The van der Waals surface area contributed by atoms with E-state index in [-0.39, 0.29) is 23.5 Å². The first kappa shape index (κ1) is 12.2. The van der Waals surface area contributed by atoms with Gasteiger partial charge in [-0.15, -0.1) is 0 Å². The van der Waals surface area contributed by atoms with Gasteiger partial charge in [0.1, 0.15) is 0 Å². The van der Waals surface area contributed by atoms with Crippen LogP contribution in [0.25, 0.3) is 0 Å². The number of hydrogen-bond acceptors (Lipinski definition) is 4. The molecule has 1 aliphatic rings. The van der Waals surface area contributed by atoms with Crippen LogP contribution in [0.15, 0.2) is 42.7 Å². The lowest BCUT2D eigenvalue weighted by Crippen LogP contribution is -2.42. The molecule has 100 valence electrons. The van der Waals surface area contributed by atoms with Crippen LogP contribution in [0.2, 0.25) is 0 Å². The van der Waals surface area contributed by atoms with E-state index in [2.05, 4.69) is 5.10 Å². The summed E-state index contributed by atoms with van der Waals surface area (Å²) in [6.45, 7) is 0. The number of nitrogen functional groups attached to an aromatic ring is 1. The van der Waals surface area contributed by atoms with Gasteiger partial charge in [0.2, 0.25) is 0 Å². The van der Waals surface area contributed by atoms with Crippen LogP contribution in [-0.2, 0) is 9.84 Å². The molecule has 2 heterocycles. The van der Waals surface area contributed by atoms with Gasteiger partial charge < -0.3 is 5.73 Å². The third-order valence-electron chi connectivity index (χ3n) is 3.43. The molecule has 5 nitrogen and oxygen atoms in total. The van der Waals surface area contributed by atoms with Gasteiger partial charge in [-0.2, -0.15) is 5.10 Å². The topological polar surface area (TPSA) is 78.0 Å². The Kier molecular flexibility index (Phi) is 2.82. The normalized spacial score (nSPS) is 19.8. The summed E-state index contributed by atoms with van der Waals surface area (Å²) >= 11 is 0. The molecule has 1 atom stereocenters. The van der Waals surface area contributed by atoms with Gasteiger partial charge in [-0.3, -0.25) is 4.68 Å². The number of aromatic nitrogens is 2. The maximum absolute atomic E-state index is 11.4. The average Bonchev–Trinajstić information content (AvgIpc) is 2.75. The maximum atomic E-state index is 11.4. The number of hydrogen-bond donors (Lipinski definition) is 1. The van der Waals surface area contributed by atoms with Crippen molar-refractivity contribution in [2.45, 2.75) is 6.04 Å². The third kappa shape index (κ3) is 2.35. The predicted molar refractivity (Wildman–Crippen MR) is 73.4 cm³/mol. The van der Waals surface area contributed by atoms with E-state index in [1.165, 1.54) is 0 Å². The first-order chi connectivity index (χ1) is 9.05. The fourth-order valence-electron chi connectivity index (χ4n) is 2.58. The molecule has 3 rings (SSSR count). The summed E-state index contributed by atoms with van der Waals surface area (Å²) in [6.07, 6.45) is 3.34. The van der Waals surface area contributed by atoms with Gasteiger partial charge in [0.05, 0.1) is 29.4 Å². The summed E-state index contributed by atoms with van der Waals surface area (Å²) in [4.78, 5) is 0. The van der Waals surface area contributed by atoms with Gasteiger partial charge in [0, 0.05) is 12.1 Å². The minimum atomic E-state index is -2.86. The zero-order chi connectivity index (χ0) is 13.5. The summed E-state index contributed by atoms with van der Waals surface area (Å²) in [7, 11) is -2.86. The van der Waals surface area contributed by atoms with Gasteiger partial charge in [0.15, 0.2) is 9.84 Å². The van der Waals surface area contributed by atoms with Gasteiger partial charge in [-0.05, 0) is 5.56 Å². The van der Waals surface area contributed by atoms with Crippen LogP contribution >= 0.6 is 0 Å². The van der Waals surface area contributed by atoms with Crippen LogP contribution in [0.3, 0.4) is 0 Å². The van der Waals surface area contributed by atoms with E-state index in [0.717, 1.165) is 5.56 Å². The molecule has 6 heteroatoms. The molecule has 2 N–H and O–H groups in total. The number of benzene rings is 1. The molecule has 1 aliphatic heterocycles. The number of nitrogens with two attached hydrogens (primary N) is 1. The summed E-state index contributed by atoms with van der Waals surface area (Å²) in [5.41, 5.74) is 7.35. The smallest absolute Gasteiger partial charge is 0.151 e. The Balaban J connectivity index is 1.97. The van der Waals surface area contributed by atoms with Crippen LogP contribution in [0.5, 0.6) is 0 Å². The Morgan fingerprint density at radius 2 is 1.95 bits per heavy atom. The van der Waals surface area contributed by atoms with Gasteiger partial charge in [-0.25, -0.2) is 8.42 Å². The Bertz CT molecular complexity index is 667. The molecular weight excluding hydrogens is 262 g/mol. The molecule has 1 fully saturated rings. The summed E-state index contributed by atoms with van der Waals surface area (Å²) in [5.74, 6) is 0.491. The predicted octanol–water partition coefficient (Wildman–Crippen LogP) is 1.10. The largest absolute Gasteiger partial charge is 0.396 e. The van der Waals surface area contributed by atoms with E-state index in [9.17, 15) is 8.42 Å². The summed E-state index contributed by atoms with van der Waals surface area (Å²) in [6, 6.07) is 9.75. The molecule has 0 radical (unpaired) electrons. The van der Waals surface area contributed by atoms with Crippen LogP contribution in [-0.4, -0.2) is 29.7 Å². The van der Waals surface area contributed by atoms with Gasteiger partial charge >= 0.3 is 0 Å². The van der Waals surface area contributed by atoms with E-state index in [4.69, 9.17) is 5.73 Å². The van der Waals surface area contributed by atoms with E-state index < -0.39 is 9.84 Å². The van der Waals surface area contributed by atoms with Crippen LogP contribution in [0.4, 0.5) is 5.69 Å². The lowest BCUT2D eigenvalue weighted by molar-refractivity contribution is 0.378. The molecule has 0 spiro atoms. The van der Waals surface area contributed by atoms with E-state index >= 15 is 0 Å². The van der Waals surface area contributed by atoms with E-state index in [0.29, 0.717) is 5.69 Å². The van der Waals surface area contributed by atoms with Gasteiger partial charge in [0.25, 0.3) is 0 Å². The average molecular weight is 277 g/mol. The van der Waals surface area contributed by atoms with Crippen molar-refractivity contribution in [2.75, 3.05) is 17.2 Å². The van der Waals surface area contributed by atoms with Crippen molar-refractivity contribution in [3.05, 3.63) is 48.3 Å². The van der Waals surface area contributed by atoms with Gasteiger partial charge in [-0.1, -0.05) is 30.3 Å². The quantitative estimate of drug-likeness (QED) is 0.911. The number of nitrogens with zero attached hydrogens (tertiary/aromatic N) is 2. The van der Waals surface area contributed by atoms with Crippen LogP contribution in [0.1, 0.15) is 11.6 Å². The minimum absolute atomic E-state index is 0.0618. The second-order valence-electron chi connectivity index (χ2n) is 4.95. The van der Waals surface area contributed by atoms with Crippen LogP contribution in [0, 0.1) is 5.92 Å². The lowest BCUT2D eigenvalue weighted by Gasteiger charge is -2.33. The van der Waals surface area contributed by atoms with Crippen molar-refractivity contribution in [3.8, 4) is 0 Å². The second-order valence-corrected chi connectivity index (χ2v) is 7.10. The molecule has 19 heavy (non-hydrogen) atoms. The minimum Gasteiger partial charge on any atom is -0.396 e. The Morgan fingerprint density at radius 1 is 1.26 bits per heavy atom. The van der Waals surface area contributed by atoms with Crippen molar-refractivity contribution < 1.29 is 8.42 Å². The molecule has 1 unspecified atom stereocenters. The highest BCUT2D eigenvalue weighted by Crippen LogP contribution is 2.34. The highest BCUT2D eigenvalue weighted by molar-refractivity contribution is 7.92. The van der Waals surface area contributed by atoms with Crippen molar-refractivity contribution >= 4 is 15.5 Å². The molecule has 1 aromatic heterocycles. The van der Waals surface area contributed by atoms with Crippen molar-refractivity contribution in [2.24, 2.45) is 5.92 Å². The fraction of sp³-hybridized carbons (Fsp3) is 0.308. The zero-order valence-electron chi connectivity index (χ0n) is 10.3. The molecule has 2 aromatic rings. The van der Waals surface area contributed by atoms with Crippen molar-refractivity contribution in [3.63, 3.8) is 0 Å². The first-order valence-corrected chi connectivity index (χ1v) is 7.92. The Hall–Kier alpha value is -1.82. The third-order valence-corrected chi connectivity index (χ3v) is 5.30. The van der Waals surface area contributed by atoms with E-state index in [1.807, 2.05) is 30.3 Å². The SMILES string of the molecule is Nc1cnn(C(c2ccccc2)C2CS(=O)(=O)C2)c1. The molecule has 1 aromatic carbocycles. The van der Waals surface area contributed by atoms with Crippen molar-refractivity contribution in [1.29, 1.82) is 0 Å². The molecule has 0 saturated carbocycles. The zero-order valence-corrected chi connectivity index (χ0v) is 11.1. The maximum Gasteiger partial charge on any atom is 0.151 e. The highest BCUT2D eigenvalue weighted by Gasteiger charge is 2.40.